The Morgan fingerprint density at radius 1 is 1.10 bits per heavy atom. The highest BCUT2D eigenvalue weighted by Gasteiger charge is 2.26. The minimum atomic E-state index is -3.89. The molecule has 7 nitrogen and oxygen atoms in total. The molecule has 1 saturated heterocycles. The number of nitrogens with zero attached hydrogens (tertiary/aromatic N) is 3. The van der Waals surface area contributed by atoms with E-state index in [4.69, 9.17) is 0 Å². The molecule has 0 radical (unpaired) electrons. The van der Waals surface area contributed by atoms with Crippen LogP contribution in [0.1, 0.15) is 11.1 Å². The predicted octanol–water partition coefficient (Wildman–Crippen LogP) is 3.13. The van der Waals surface area contributed by atoms with Gasteiger partial charge in [-0.25, -0.2) is 4.98 Å². The van der Waals surface area contributed by atoms with Crippen molar-refractivity contribution in [2.24, 2.45) is 4.40 Å². The monoisotopic (exact) mass is 424 g/mol. The van der Waals surface area contributed by atoms with Gasteiger partial charge in [-0.2, -0.15) is 8.42 Å². The van der Waals surface area contributed by atoms with E-state index in [0.29, 0.717) is 4.91 Å². The summed E-state index contributed by atoms with van der Waals surface area (Å²) < 4.78 is 30.5. The Morgan fingerprint density at radius 3 is 2.48 bits per heavy atom. The lowest BCUT2D eigenvalue weighted by molar-refractivity contribution is -0.115. The maximum absolute atomic E-state index is 12.4. The first-order valence-electron chi connectivity index (χ1n) is 8.62. The third kappa shape index (κ3) is 4.30. The Labute approximate surface area is 172 Å². The smallest absolute Gasteiger partial charge is 0.284 e. The highest BCUT2D eigenvalue weighted by Crippen LogP contribution is 2.27. The van der Waals surface area contributed by atoms with Crippen LogP contribution in [0.4, 0.5) is 0 Å². The molecule has 0 atom stereocenters. The van der Waals surface area contributed by atoms with Crippen LogP contribution in [-0.4, -0.2) is 29.0 Å². The second kappa shape index (κ2) is 7.69. The summed E-state index contributed by atoms with van der Waals surface area (Å²) in [7, 11) is -3.89. The largest absolute Gasteiger partial charge is 0.306 e. The summed E-state index contributed by atoms with van der Waals surface area (Å²) in [5.74, 6) is -0.383. The zero-order valence-corrected chi connectivity index (χ0v) is 16.9. The Hall–Kier alpha value is -3.17. The standard InChI is InChI=1S/C20H16N4O3S2/c1-14-2-8-17(9-3-14)29(26,27)23-20-22-19(25)18(28-20)12-15-4-6-16(7-5-15)24-11-10-21-13-24/h2-13H,1H3,(H,22,23,25)/b18-12-. The lowest BCUT2D eigenvalue weighted by Crippen LogP contribution is -2.20. The quantitative estimate of drug-likeness (QED) is 0.650. The molecule has 1 aliphatic rings. The highest BCUT2D eigenvalue weighted by atomic mass is 32.2. The van der Waals surface area contributed by atoms with Gasteiger partial charge in [-0.3, -0.25) is 10.1 Å². The van der Waals surface area contributed by atoms with Crippen LogP contribution in [0.2, 0.25) is 0 Å². The molecular formula is C20H16N4O3S2. The predicted molar refractivity (Wildman–Crippen MR) is 113 cm³/mol. The first kappa shape index (κ1) is 19.2. The van der Waals surface area contributed by atoms with E-state index in [-0.39, 0.29) is 16.0 Å². The van der Waals surface area contributed by atoms with Crippen LogP contribution >= 0.6 is 11.8 Å². The molecule has 0 aliphatic carbocycles. The maximum atomic E-state index is 12.4. The van der Waals surface area contributed by atoms with E-state index in [1.165, 1.54) is 12.1 Å². The van der Waals surface area contributed by atoms with Crippen LogP contribution in [0.15, 0.2) is 81.5 Å². The van der Waals surface area contributed by atoms with Crippen molar-refractivity contribution in [3.05, 3.63) is 83.3 Å². The summed E-state index contributed by atoms with van der Waals surface area (Å²) >= 11 is 0.996. The number of hydrogen-bond donors (Lipinski definition) is 1. The molecular weight excluding hydrogens is 408 g/mol. The fourth-order valence-electron chi connectivity index (χ4n) is 2.65. The Morgan fingerprint density at radius 2 is 1.83 bits per heavy atom. The minimum Gasteiger partial charge on any atom is -0.306 e. The topological polar surface area (TPSA) is 93.4 Å². The second-order valence-corrected chi connectivity index (χ2v) is 8.95. The van der Waals surface area contributed by atoms with Gasteiger partial charge < -0.3 is 4.57 Å². The van der Waals surface area contributed by atoms with Crippen LogP contribution in [0, 0.1) is 6.92 Å². The number of thioether (sulfide) groups is 1. The molecule has 2 aromatic carbocycles. The van der Waals surface area contributed by atoms with E-state index >= 15 is 0 Å². The van der Waals surface area contributed by atoms with E-state index in [9.17, 15) is 13.2 Å². The number of amidine groups is 1. The molecule has 0 unspecified atom stereocenters. The Kier molecular flexibility index (Phi) is 5.08. The van der Waals surface area contributed by atoms with Gasteiger partial charge in [0.15, 0.2) is 5.17 Å². The SMILES string of the molecule is Cc1ccc(S(=O)(=O)/N=C2/NC(=O)/C(=C/c3ccc(-n4ccnc4)cc3)S2)cc1. The average molecular weight is 425 g/mol. The van der Waals surface area contributed by atoms with Crippen molar-refractivity contribution >= 4 is 38.9 Å². The minimum absolute atomic E-state index is 0.0388. The van der Waals surface area contributed by atoms with Crippen LogP contribution < -0.4 is 5.32 Å². The molecule has 0 saturated carbocycles. The van der Waals surface area contributed by atoms with Crippen molar-refractivity contribution in [2.45, 2.75) is 11.8 Å². The molecule has 3 aromatic rings. The molecule has 2 heterocycles. The summed E-state index contributed by atoms with van der Waals surface area (Å²) in [5.41, 5.74) is 2.71. The lowest BCUT2D eigenvalue weighted by atomic mass is 10.2. The Balaban J connectivity index is 1.54. The number of nitrogens with one attached hydrogen (secondary N) is 1. The molecule has 0 bridgehead atoms. The number of carbonyl (C=O) groups excluding carboxylic acids is 1. The van der Waals surface area contributed by atoms with Gasteiger partial charge in [0, 0.05) is 18.1 Å². The van der Waals surface area contributed by atoms with E-state index in [1.54, 1.807) is 30.7 Å². The summed E-state index contributed by atoms with van der Waals surface area (Å²) in [6, 6.07) is 13.9. The second-order valence-electron chi connectivity index (χ2n) is 6.31. The van der Waals surface area contributed by atoms with Crippen LogP contribution in [0.3, 0.4) is 0 Å². The molecule has 0 spiro atoms. The molecule has 1 aliphatic heterocycles. The van der Waals surface area contributed by atoms with Gasteiger partial charge >= 0.3 is 0 Å². The Bertz CT molecular complexity index is 1210. The zero-order valence-electron chi connectivity index (χ0n) is 15.3. The van der Waals surface area contributed by atoms with Gasteiger partial charge in [-0.05, 0) is 54.6 Å². The summed E-state index contributed by atoms with van der Waals surface area (Å²) in [6.45, 7) is 1.87. The third-order valence-electron chi connectivity index (χ3n) is 4.17. The van der Waals surface area contributed by atoms with Crippen molar-refractivity contribution in [3.8, 4) is 5.69 Å². The molecule has 1 N–H and O–H groups in total. The van der Waals surface area contributed by atoms with Gasteiger partial charge in [-0.15, -0.1) is 4.40 Å². The van der Waals surface area contributed by atoms with Crippen molar-refractivity contribution in [1.82, 2.24) is 14.9 Å². The van der Waals surface area contributed by atoms with Crippen LogP contribution in [-0.2, 0) is 14.8 Å². The fraction of sp³-hybridized carbons (Fsp3) is 0.0500. The average Bonchev–Trinajstić information content (AvgIpc) is 3.33. The van der Waals surface area contributed by atoms with Gasteiger partial charge in [0.2, 0.25) is 0 Å². The molecule has 9 heteroatoms. The highest BCUT2D eigenvalue weighted by molar-refractivity contribution is 8.19. The molecule has 29 heavy (non-hydrogen) atoms. The van der Waals surface area contributed by atoms with E-state index in [0.717, 1.165) is 28.6 Å². The third-order valence-corrected chi connectivity index (χ3v) is 6.48. The number of carbonyl (C=O) groups is 1. The van der Waals surface area contributed by atoms with Gasteiger partial charge in [0.05, 0.1) is 16.1 Å². The molecule has 1 aromatic heterocycles. The van der Waals surface area contributed by atoms with Crippen molar-refractivity contribution in [2.75, 3.05) is 0 Å². The lowest BCUT2D eigenvalue weighted by Gasteiger charge is -2.02. The van der Waals surface area contributed by atoms with Crippen molar-refractivity contribution in [1.29, 1.82) is 0 Å². The number of aryl methyl sites for hydroxylation is 1. The molecule has 1 fully saturated rings. The summed E-state index contributed by atoms with van der Waals surface area (Å²) in [5, 5.41) is 2.55. The first-order chi connectivity index (χ1) is 13.9. The molecule has 4 rings (SSSR count). The summed E-state index contributed by atoms with van der Waals surface area (Å²) in [4.78, 5) is 16.7. The number of hydrogen-bond acceptors (Lipinski definition) is 5. The zero-order chi connectivity index (χ0) is 20.4. The van der Waals surface area contributed by atoms with E-state index in [1.807, 2.05) is 42.0 Å². The number of aromatic nitrogens is 2. The number of rotatable bonds is 4. The fourth-order valence-corrected chi connectivity index (χ4v) is 4.63. The maximum Gasteiger partial charge on any atom is 0.284 e. The first-order valence-corrected chi connectivity index (χ1v) is 10.9. The molecule has 1 amide bonds. The van der Waals surface area contributed by atoms with E-state index < -0.39 is 10.0 Å². The van der Waals surface area contributed by atoms with Gasteiger partial charge in [0.1, 0.15) is 0 Å². The van der Waals surface area contributed by atoms with Crippen molar-refractivity contribution in [3.63, 3.8) is 0 Å². The molecule has 146 valence electrons. The number of benzene rings is 2. The van der Waals surface area contributed by atoms with Crippen LogP contribution in [0.25, 0.3) is 11.8 Å². The van der Waals surface area contributed by atoms with E-state index in [2.05, 4.69) is 14.7 Å². The van der Waals surface area contributed by atoms with Gasteiger partial charge in [0.25, 0.3) is 15.9 Å². The van der Waals surface area contributed by atoms with Gasteiger partial charge in [-0.1, -0.05) is 29.8 Å². The number of sulfonamides is 1. The normalized spacial score (nSPS) is 17.1. The number of imidazole rings is 1. The van der Waals surface area contributed by atoms with Crippen molar-refractivity contribution < 1.29 is 13.2 Å². The number of amides is 1. The summed E-state index contributed by atoms with van der Waals surface area (Å²) in [6.07, 6.45) is 6.93. The van der Waals surface area contributed by atoms with Crippen LogP contribution in [0.5, 0.6) is 0 Å².